The zero-order chi connectivity index (χ0) is 19.2. The van der Waals surface area contributed by atoms with Gasteiger partial charge in [-0.1, -0.05) is 24.3 Å². The molecule has 1 saturated heterocycles. The number of carbonyl (C=O) groups is 2. The van der Waals surface area contributed by atoms with Crippen LogP contribution < -0.4 is 10.6 Å². The molecule has 3 amide bonds. The Bertz CT molecular complexity index is 797. The van der Waals surface area contributed by atoms with Gasteiger partial charge >= 0.3 is 6.03 Å². The van der Waals surface area contributed by atoms with Gasteiger partial charge in [0.1, 0.15) is 0 Å². The van der Waals surface area contributed by atoms with Crippen LogP contribution in [0.2, 0.25) is 0 Å². The molecule has 0 bridgehead atoms. The molecule has 6 nitrogen and oxygen atoms in total. The van der Waals surface area contributed by atoms with Crippen LogP contribution in [0, 0.1) is 6.92 Å². The number of nitrogens with zero attached hydrogens (tertiary/aromatic N) is 1. The Morgan fingerprint density at radius 3 is 2.37 bits per heavy atom. The molecule has 0 aliphatic carbocycles. The summed E-state index contributed by atoms with van der Waals surface area (Å²) >= 11 is 0. The molecule has 0 aromatic heterocycles. The van der Waals surface area contributed by atoms with Crippen molar-refractivity contribution < 1.29 is 14.7 Å². The molecular weight excluding hydrogens is 342 g/mol. The number of anilines is 2. The van der Waals surface area contributed by atoms with E-state index in [9.17, 15) is 14.7 Å². The SMILES string of the molecule is Cc1cccc(NC(=O)Nc2ccc(CC(=O)N3CCC(O)CC3)cc2)c1. The number of nitrogens with one attached hydrogen (secondary N) is 2. The molecule has 2 aromatic rings. The Kier molecular flexibility index (Phi) is 6.08. The maximum absolute atomic E-state index is 12.3. The number of aryl methyl sites for hydroxylation is 1. The fraction of sp³-hybridized carbons (Fsp3) is 0.333. The average Bonchev–Trinajstić information content (AvgIpc) is 2.64. The second kappa shape index (κ2) is 8.68. The minimum absolute atomic E-state index is 0.0693. The van der Waals surface area contributed by atoms with E-state index in [1.54, 1.807) is 17.0 Å². The Morgan fingerprint density at radius 1 is 1.04 bits per heavy atom. The van der Waals surface area contributed by atoms with Crippen molar-refractivity contribution in [2.75, 3.05) is 23.7 Å². The standard InChI is InChI=1S/C21H25N3O3/c1-15-3-2-4-18(13-15)23-21(27)22-17-7-5-16(6-8-17)14-20(26)24-11-9-19(25)10-12-24/h2-8,13,19,25H,9-12,14H2,1H3,(H2,22,23,27). The van der Waals surface area contributed by atoms with E-state index < -0.39 is 0 Å². The van der Waals surface area contributed by atoms with Gasteiger partial charge in [0.2, 0.25) is 5.91 Å². The maximum Gasteiger partial charge on any atom is 0.323 e. The number of hydrogen-bond acceptors (Lipinski definition) is 3. The Balaban J connectivity index is 1.51. The summed E-state index contributed by atoms with van der Waals surface area (Å²) in [4.78, 5) is 26.2. The summed E-state index contributed by atoms with van der Waals surface area (Å²) in [6.45, 7) is 3.19. The Morgan fingerprint density at radius 2 is 1.70 bits per heavy atom. The zero-order valence-electron chi connectivity index (χ0n) is 15.4. The van der Waals surface area contributed by atoms with Gasteiger partial charge in [-0.2, -0.15) is 0 Å². The predicted molar refractivity (Wildman–Crippen MR) is 106 cm³/mol. The first-order chi connectivity index (χ1) is 13.0. The second-order valence-electron chi connectivity index (χ2n) is 6.93. The van der Waals surface area contributed by atoms with E-state index in [0.717, 1.165) is 16.8 Å². The third kappa shape index (κ3) is 5.56. The van der Waals surface area contributed by atoms with E-state index in [4.69, 9.17) is 0 Å². The van der Waals surface area contributed by atoms with Gasteiger partial charge in [0.25, 0.3) is 0 Å². The van der Waals surface area contributed by atoms with E-state index in [1.165, 1.54) is 0 Å². The summed E-state index contributed by atoms with van der Waals surface area (Å²) in [7, 11) is 0. The Labute approximate surface area is 159 Å². The highest BCUT2D eigenvalue weighted by Gasteiger charge is 2.21. The van der Waals surface area contributed by atoms with Crippen molar-refractivity contribution >= 4 is 23.3 Å². The molecule has 0 unspecified atom stereocenters. The maximum atomic E-state index is 12.3. The molecule has 2 aromatic carbocycles. The summed E-state index contributed by atoms with van der Waals surface area (Å²) in [5.74, 6) is 0.0693. The number of benzene rings is 2. The van der Waals surface area contributed by atoms with E-state index >= 15 is 0 Å². The van der Waals surface area contributed by atoms with Crippen LogP contribution in [0.25, 0.3) is 0 Å². The molecule has 3 rings (SSSR count). The number of urea groups is 1. The number of aliphatic hydroxyl groups excluding tert-OH is 1. The monoisotopic (exact) mass is 367 g/mol. The second-order valence-corrected chi connectivity index (χ2v) is 6.93. The molecule has 142 valence electrons. The lowest BCUT2D eigenvalue weighted by Crippen LogP contribution is -2.40. The quantitative estimate of drug-likeness (QED) is 0.776. The van der Waals surface area contributed by atoms with Crippen LogP contribution in [0.3, 0.4) is 0 Å². The predicted octanol–water partition coefficient (Wildman–Crippen LogP) is 3.16. The molecule has 0 spiro atoms. The lowest BCUT2D eigenvalue weighted by atomic mass is 10.1. The van der Waals surface area contributed by atoms with Crippen molar-refractivity contribution in [3.63, 3.8) is 0 Å². The first kappa shape index (κ1) is 18.9. The number of hydrogen-bond donors (Lipinski definition) is 3. The molecule has 1 aliphatic heterocycles. The van der Waals surface area contributed by atoms with Crippen LogP contribution in [0.15, 0.2) is 48.5 Å². The average molecular weight is 367 g/mol. The lowest BCUT2D eigenvalue weighted by Gasteiger charge is -2.29. The summed E-state index contributed by atoms with van der Waals surface area (Å²) in [6, 6.07) is 14.6. The van der Waals surface area contributed by atoms with Crippen molar-refractivity contribution in [1.29, 1.82) is 0 Å². The number of carbonyl (C=O) groups excluding carboxylic acids is 2. The number of aliphatic hydroxyl groups is 1. The van der Waals surface area contributed by atoms with Crippen LogP contribution in [-0.4, -0.2) is 41.1 Å². The number of piperidine rings is 1. The van der Waals surface area contributed by atoms with Gasteiger partial charge < -0.3 is 20.6 Å². The molecular formula is C21H25N3O3. The topological polar surface area (TPSA) is 81.7 Å². The van der Waals surface area contributed by atoms with Crippen molar-refractivity contribution in [1.82, 2.24) is 4.90 Å². The van der Waals surface area contributed by atoms with E-state index in [2.05, 4.69) is 10.6 Å². The highest BCUT2D eigenvalue weighted by molar-refractivity contribution is 5.99. The van der Waals surface area contributed by atoms with Gasteiger partial charge in [0.15, 0.2) is 0 Å². The fourth-order valence-electron chi connectivity index (χ4n) is 3.12. The van der Waals surface area contributed by atoms with Crippen molar-refractivity contribution in [3.05, 3.63) is 59.7 Å². The third-order valence-electron chi connectivity index (χ3n) is 4.66. The van der Waals surface area contributed by atoms with Crippen molar-refractivity contribution in [2.45, 2.75) is 32.3 Å². The van der Waals surface area contributed by atoms with E-state index in [0.29, 0.717) is 38.0 Å². The molecule has 0 atom stereocenters. The smallest absolute Gasteiger partial charge is 0.323 e. The molecule has 6 heteroatoms. The van der Waals surface area contributed by atoms with E-state index in [1.807, 2.05) is 43.3 Å². The van der Waals surface area contributed by atoms with Crippen LogP contribution in [0.4, 0.5) is 16.2 Å². The van der Waals surface area contributed by atoms with Crippen LogP contribution in [0.1, 0.15) is 24.0 Å². The number of likely N-dealkylation sites (tertiary alicyclic amines) is 1. The minimum atomic E-state index is -0.309. The van der Waals surface area contributed by atoms with Crippen molar-refractivity contribution in [3.8, 4) is 0 Å². The molecule has 27 heavy (non-hydrogen) atoms. The largest absolute Gasteiger partial charge is 0.393 e. The van der Waals surface area contributed by atoms with Crippen LogP contribution in [0.5, 0.6) is 0 Å². The highest BCUT2D eigenvalue weighted by Crippen LogP contribution is 2.15. The van der Waals surface area contributed by atoms with Crippen molar-refractivity contribution in [2.24, 2.45) is 0 Å². The summed E-state index contributed by atoms with van der Waals surface area (Å²) in [5, 5.41) is 15.1. The van der Waals surface area contributed by atoms with Gasteiger partial charge in [-0.05, 0) is 55.2 Å². The minimum Gasteiger partial charge on any atom is -0.393 e. The third-order valence-corrected chi connectivity index (χ3v) is 4.66. The Hall–Kier alpha value is -2.86. The van der Waals surface area contributed by atoms with E-state index in [-0.39, 0.29) is 18.0 Å². The first-order valence-corrected chi connectivity index (χ1v) is 9.19. The van der Waals surface area contributed by atoms with Crippen LogP contribution >= 0.6 is 0 Å². The number of rotatable bonds is 4. The summed E-state index contributed by atoms with van der Waals surface area (Å²) < 4.78 is 0. The van der Waals surface area contributed by atoms with Gasteiger partial charge in [0.05, 0.1) is 12.5 Å². The molecule has 3 N–H and O–H groups in total. The molecule has 0 saturated carbocycles. The lowest BCUT2D eigenvalue weighted by molar-refractivity contribution is -0.132. The highest BCUT2D eigenvalue weighted by atomic mass is 16.3. The molecule has 1 heterocycles. The molecule has 0 radical (unpaired) electrons. The van der Waals surface area contributed by atoms with Gasteiger partial charge in [-0.25, -0.2) is 4.79 Å². The summed E-state index contributed by atoms with van der Waals surface area (Å²) in [5.41, 5.74) is 3.37. The van der Waals surface area contributed by atoms with Gasteiger partial charge in [0, 0.05) is 24.5 Å². The van der Waals surface area contributed by atoms with Gasteiger partial charge in [-0.15, -0.1) is 0 Å². The zero-order valence-corrected chi connectivity index (χ0v) is 15.4. The molecule has 1 aliphatic rings. The van der Waals surface area contributed by atoms with Crippen LogP contribution in [-0.2, 0) is 11.2 Å². The normalized spacial score (nSPS) is 14.7. The molecule has 1 fully saturated rings. The first-order valence-electron chi connectivity index (χ1n) is 9.19. The fourth-order valence-corrected chi connectivity index (χ4v) is 3.12. The van der Waals surface area contributed by atoms with Gasteiger partial charge in [-0.3, -0.25) is 4.79 Å². The number of amides is 3. The summed E-state index contributed by atoms with van der Waals surface area (Å²) in [6.07, 6.45) is 1.33.